The third-order valence-corrected chi connectivity index (χ3v) is 1.55. The van der Waals surface area contributed by atoms with Crippen LogP contribution in [0.5, 0.6) is 5.75 Å². The first-order valence-electron chi connectivity index (χ1n) is 2.95. The van der Waals surface area contributed by atoms with Crippen LogP contribution in [0.1, 0.15) is 11.1 Å². The van der Waals surface area contributed by atoms with Crippen molar-refractivity contribution in [3.8, 4) is 5.75 Å². The van der Waals surface area contributed by atoms with Crippen LogP contribution in [-0.4, -0.2) is 0 Å². The van der Waals surface area contributed by atoms with E-state index in [1.54, 1.807) is 12.1 Å². The molecule has 0 aromatic heterocycles. The molecule has 0 bridgehead atoms. The van der Waals surface area contributed by atoms with Crippen LogP contribution in [0.25, 0.3) is 0 Å². The van der Waals surface area contributed by atoms with Gasteiger partial charge in [0.05, 0.1) is 0 Å². The third-order valence-electron chi connectivity index (χ3n) is 1.55. The van der Waals surface area contributed by atoms with E-state index in [1.165, 1.54) is 0 Å². The first kappa shape index (κ1) is 13.8. The fourth-order valence-corrected chi connectivity index (χ4v) is 0.724. The molecule has 1 aromatic rings. The van der Waals surface area contributed by atoms with Crippen molar-refractivity contribution in [3.63, 3.8) is 0 Å². The molecule has 0 aliphatic carbocycles. The van der Waals surface area contributed by atoms with Gasteiger partial charge < -0.3 is 17.5 Å². The summed E-state index contributed by atoms with van der Waals surface area (Å²) in [6.07, 6.45) is 0. The Bertz CT molecular complexity index is 205. The minimum Gasteiger partial charge on any atom is -1.00 e. The van der Waals surface area contributed by atoms with Crippen molar-refractivity contribution in [3.05, 3.63) is 29.3 Å². The summed E-state index contributed by atoms with van der Waals surface area (Å²) in [6, 6.07) is 5.31. The monoisotopic (exact) mass is 246 g/mol. The molecule has 11 heavy (non-hydrogen) atoms. The van der Waals surface area contributed by atoms with Crippen molar-refractivity contribution in [1.82, 2.24) is 0 Å². The van der Waals surface area contributed by atoms with Crippen LogP contribution in [0.4, 0.5) is 0 Å². The molecule has 0 amide bonds. The van der Waals surface area contributed by atoms with Gasteiger partial charge in [-0.25, -0.2) is 0 Å². The zero-order valence-corrected chi connectivity index (χ0v) is 9.73. The van der Waals surface area contributed by atoms with Gasteiger partial charge in [-0.05, 0) is 19.4 Å². The van der Waals surface area contributed by atoms with E-state index in [2.05, 4.69) is 0 Å². The van der Waals surface area contributed by atoms with Gasteiger partial charge in [-0.15, -0.1) is 5.75 Å². The van der Waals surface area contributed by atoms with Crippen molar-refractivity contribution < 1.29 is 43.7 Å². The molecule has 0 spiro atoms. The van der Waals surface area contributed by atoms with E-state index in [0.29, 0.717) is 0 Å². The number of hydrogen-bond donors (Lipinski definition) is 0. The number of rotatable bonds is 0. The first-order chi connectivity index (χ1) is 4.22. The summed E-state index contributed by atoms with van der Waals surface area (Å²) in [5, 5.41) is 10.8. The molecule has 0 saturated carbocycles. The molecule has 1 nitrogen and oxygen atoms in total. The summed E-state index contributed by atoms with van der Waals surface area (Å²) in [5.74, 6) is 0.134. The third kappa shape index (κ3) is 3.40. The average molecular weight is 248 g/mol. The van der Waals surface area contributed by atoms with Gasteiger partial charge >= 0.3 is 26.2 Å². The van der Waals surface area contributed by atoms with Gasteiger partial charge in [0.1, 0.15) is 0 Å². The maximum Gasteiger partial charge on any atom is 2.00 e. The molecule has 0 unspecified atom stereocenters. The van der Waals surface area contributed by atoms with Crippen molar-refractivity contribution >= 4 is 0 Å². The normalized spacial score (nSPS) is 7.82. The van der Waals surface area contributed by atoms with Gasteiger partial charge in [-0.2, -0.15) is 0 Å². The minimum atomic E-state index is 0. The van der Waals surface area contributed by atoms with Crippen LogP contribution >= 0.6 is 0 Å². The van der Waals surface area contributed by atoms with E-state index >= 15 is 0 Å². The Kier molecular flexibility index (Phi) is 7.25. The molecular formula is C8H9ClOZr. The van der Waals surface area contributed by atoms with Crippen LogP contribution in [0, 0.1) is 13.8 Å². The zero-order valence-electron chi connectivity index (χ0n) is 6.52. The van der Waals surface area contributed by atoms with Crippen molar-refractivity contribution in [2.75, 3.05) is 0 Å². The van der Waals surface area contributed by atoms with Gasteiger partial charge in [0.2, 0.25) is 0 Å². The maximum atomic E-state index is 10.8. The fourth-order valence-electron chi connectivity index (χ4n) is 0.724. The SMILES string of the molecule is Cc1cccc([O-])c1C.[Cl-].[Zr+2]. The maximum absolute atomic E-state index is 10.8. The molecule has 0 fully saturated rings. The Balaban J connectivity index is 0. The van der Waals surface area contributed by atoms with E-state index in [1.807, 2.05) is 19.9 Å². The Morgan fingerprint density at radius 3 is 2.09 bits per heavy atom. The van der Waals surface area contributed by atoms with Crippen molar-refractivity contribution in [1.29, 1.82) is 0 Å². The number of hydrogen-bond acceptors (Lipinski definition) is 1. The Hall–Kier alpha value is 0.193. The van der Waals surface area contributed by atoms with E-state index in [-0.39, 0.29) is 44.4 Å². The van der Waals surface area contributed by atoms with Gasteiger partial charge in [0.25, 0.3) is 0 Å². The van der Waals surface area contributed by atoms with Gasteiger partial charge in [-0.3, -0.25) is 0 Å². The van der Waals surface area contributed by atoms with Gasteiger partial charge in [0.15, 0.2) is 0 Å². The van der Waals surface area contributed by atoms with Crippen molar-refractivity contribution in [2.45, 2.75) is 13.8 Å². The van der Waals surface area contributed by atoms with Crippen LogP contribution in [0.15, 0.2) is 18.2 Å². The van der Waals surface area contributed by atoms with Crippen LogP contribution in [-0.2, 0) is 26.2 Å². The molecule has 0 atom stereocenters. The van der Waals surface area contributed by atoms with E-state index in [0.717, 1.165) is 11.1 Å². The Morgan fingerprint density at radius 1 is 1.18 bits per heavy atom. The molecule has 0 N–H and O–H groups in total. The minimum absolute atomic E-state index is 0. The summed E-state index contributed by atoms with van der Waals surface area (Å²) in [7, 11) is 0. The van der Waals surface area contributed by atoms with E-state index < -0.39 is 0 Å². The average Bonchev–Trinajstić information content (AvgIpc) is 1.83. The largest absolute Gasteiger partial charge is 2.00 e. The molecule has 0 saturated heterocycles. The second kappa shape index (κ2) is 5.79. The first-order valence-corrected chi connectivity index (χ1v) is 2.95. The Morgan fingerprint density at radius 2 is 1.73 bits per heavy atom. The molecular weight excluding hydrogens is 239 g/mol. The predicted molar refractivity (Wildman–Crippen MR) is 35.4 cm³/mol. The molecule has 3 heteroatoms. The topological polar surface area (TPSA) is 23.1 Å². The summed E-state index contributed by atoms with van der Waals surface area (Å²) in [4.78, 5) is 0. The van der Waals surface area contributed by atoms with Gasteiger partial charge in [-0.1, -0.05) is 23.8 Å². The van der Waals surface area contributed by atoms with Crippen molar-refractivity contribution in [2.24, 2.45) is 0 Å². The van der Waals surface area contributed by atoms with Crippen LogP contribution in [0.3, 0.4) is 0 Å². The fraction of sp³-hybridized carbons (Fsp3) is 0.250. The number of halogens is 1. The standard InChI is InChI=1S/C8H10O.ClH.Zr/c1-6-4-3-5-8(9)7(6)2;;/h3-5,9H,1-2H3;1H;/q;;+2/p-2. The van der Waals surface area contributed by atoms with Crippen LogP contribution in [0.2, 0.25) is 0 Å². The molecule has 0 heterocycles. The van der Waals surface area contributed by atoms with Crippen LogP contribution < -0.4 is 17.5 Å². The Labute approximate surface area is 92.4 Å². The summed E-state index contributed by atoms with van der Waals surface area (Å²) in [5.41, 5.74) is 1.93. The van der Waals surface area contributed by atoms with E-state index in [4.69, 9.17) is 0 Å². The predicted octanol–water partition coefficient (Wildman–Crippen LogP) is -1.62. The molecule has 0 aliphatic rings. The molecule has 1 rings (SSSR count). The van der Waals surface area contributed by atoms with E-state index in [9.17, 15) is 5.11 Å². The molecule has 58 valence electrons. The zero-order chi connectivity index (χ0) is 6.85. The smallest absolute Gasteiger partial charge is 1.00 e. The molecule has 1 aromatic carbocycles. The molecule has 0 aliphatic heterocycles. The van der Waals surface area contributed by atoms with Gasteiger partial charge in [0, 0.05) is 0 Å². The summed E-state index contributed by atoms with van der Waals surface area (Å²) >= 11 is 0. The quantitative estimate of drug-likeness (QED) is 0.541. The second-order valence-corrected chi connectivity index (χ2v) is 2.20. The summed E-state index contributed by atoms with van der Waals surface area (Å²) < 4.78 is 0. The number of aryl methyl sites for hydroxylation is 1. The second-order valence-electron chi connectivity index (χ2n) is 2.20. The summed E-state index contributed by atoms with van der Waals surface area (Å²) in [6.45, 7) is 3.79. The number of benzene rings is 1. The molecule has 0 radical (unpaired) electrons.